The summed E-state index contributed by atoms with van der Waals surface area (Å²) in [5.41, 5.74) is 1.54. The Morgan fingerprint density at radius 2 is 1.69 bits per heavy atom. The number of likely N-dealkylation sites (tertiary alicyclic amines) is 1. The first kappa shape index (κ1) is 19.8. The van der Waals surface area contributed by atoms with Gasteiger partial charge in [0.25, 0.3) is 0 Å². The molecule has 1 fully saturated rings. The molecule has 6 heteroatoms. The highest BCUT2D eigenvalue weighted by Crippen LogP contribution is 2.32. The molecule has 29 heavy (non-hydrogen) atoms. The minimum absolute atomic E-state index is 0.156. The molecule has 0 radical (unpaired) electrons. The van der Waals surface area contributed by atoms with Crippen molar-refractivity contribution in [3.05, 3.63) is 54.3 Å². The predicted octanol–water partition coefficient (Wildman–Crippen LogP) is 5.32. The Morgan fingerprint density at radius 3 is 2.38 bits per heavy atom. The van der Waals surface area contributed by atoms with E-state index in [0.29, 0.717) is 5.75 Å². The maximum atomic E-state index is 13.3. The third-order valence-electron chi connectivity index (χ3n) is 5.58. The number of carbonyl (C=O) groups is 1. The molecule has 2 atom stereocenters. The van der Waals surface area contributed by atoms with E-state index in [0.717, 1.165) is 39.9 Å². The van der Waals surface area contributed by atoms with Gasteiger partial charge in [0, 0.05) is 28.4 Å². The standard InChI is InChI=1S/C23H24FN3OS/c1-15-6-5-7-16(2)27(15)21(28)14-29-23-20-9-4-3-8-19(20)22(25-26-23)17-10-12-18(24)13-11-17/h3-4,8-13,15-16H,5-7,14H2,1-2H3. The van der Waals surface area contributed by atoms with Crippen LogP contribution < -0.4 is 0 Å². The van der Waals surface area contributed by atoms with Crippen molar-refractivity contribution in [2.45, 2.75) is 50.2 Å². The molecule has 150 valence electrons. The molecule has 2 aromatic carbocycles. The molecule has 0 saturated carbocycles. The summed E-state index contributed by atoms with van der Waals surface area (Å²) < 4.78 is 13.3. The summed E-state index contributed by atoms with van der Waals surface area (Å²) in [6, 6.07) is 14.7. The van der Waals surface area contributed by atoms with Crippen LogP contribution in [0.3, 0.4) is 0 Å². The van der Waals surface area contributed by atoms with Crippen molar-refractivity contribution in [3.63, 3.8) is 0 Å². The fourth-order valence-corrected chi connectivity index (χ4v) is 4.97. The van der Waals surface area contributed by atoms with E-state index in [1.54, 1.807) is 12.1 Å². The number of piperidine rings is 1. The molecule has 1 aliphatic rings. The number of fused-ring (bicyclic) bond motifs is 1. The van der Waals surface area contributed by atoms with Crippen LogP contribution in [0.5, 0.6) is 0 Å². The molecular weight excluding hydrogens is 385 g/mol. The fraction of sp³-hybridized carbons (Fsp3) is 0.348. The second-order valence-electron chi connectivity index (χ2n) is 7.62. The Morgan fingerprint density at radius 1 is 1.03 bits per heavy atom. The Hall–Kier alpha value is -2.47. The van der Waals surface area contributed by atoms with Crippen molar-refractivity contribution in [1.82, 2.24) is 15.1 Å². The van der Waals surface area contributed by atoms with E-state index in [-0.39, 0.29) is 23.8 Å². The van der Waals surface area contributed by atoms with E-state index in [4.69, 9.17) is 0 Å². The van der Waals surface area contributed by atoms with Crippen molar-refractivity contribution in [1.29, 1.82) is 0 Å². The molecule has 1 amide bonds. The summed E-state index contributed by atoms with van der Waals surface area (Å²) in [6.45, 7) is 4.26. The van der Waals surface area contributed by atoms with Crippen LogP contribution in [-0.4, -0.2) is 38.8 Å². The molecular formula is C23H24FN3OS. The van der Waals surface area contributed by atoms with Crippen LogP contribution in [-0.2, 0) is 4.79 Å². The van der Waals surface area contributed by atoms with Crippen molar-refractivity contribution in [2.75, 3.05) is 5.75 Å². The van der Waals surface area contributed by atoms with Crippen molar-refractivity contribution in [3.8, 4) is 11.3 Å². The van der Waals surface area contributed by atoms with Crippen molar-refractivity contribution >= 4 is 28.4 Å². The van der Waals surface area contributed by atoms with Crippen LogP contribution in [0.15, 0.2) is 53.6 Å². The monoisotopic (exact) mass is 409 g/mol. The zero-order valence-corrected chi connectivity index (χ0v) is 17.5. The number of nitrogens with zero attached hydrogens (tertiary/aromatic N) is 3. The summed E-state index contributed by atoms with van der Waals surface area (Å²) >= 11 is 1.44. The summed E-state index contributed by atoms with van der Waals surface area (Å²) in [6.07, 6.45) is 3.31. The summed E-state index contributed by atoms with van der Waals surface area (Å²) in [5, 5.41) is 11.5. The van der Waals surface area contributed by atoms with E-state index in [2.05, 4.69) is 24.0 Å². The molecule has 2 heterocycles. The SMILES string of the molecule is CC1CCCC(C)N1C(=O)CSc1nnc(-c2ccc(F)cc2)c2ccccc12. The van der Waals surface area contributed by atoms with Gasteiger partial charge in [-0.3, -0.25) is 4.79 Å². The van der Waals surface area contributed by atoms with Crippen molar-refractivity contribution in [2.24, 2.45) is 0 Å². The second kappa shape index (κ2) is 8.49. The van der Waals surface area contributed by atoms with Crippen LogP contribution in [0.25, 0.3) is 22.0 Å². The van der Waals surface area contributed by atoms with Gasteiger partial charge in [-0.15, -0.1) is 10.2 Å². The molecule has 0 aliphatic carbocycles. The number of halogens is 1. The number of benzene rings is 2. The Balaban J connectivity index is 1.59. The number of carbonyl (C=O) groups excluding carboxylic acids is 1. The van der Waals surface area contributed by atoms with Gasteiger partial charge in [0.2, 0.25) is 5.91 Å². The van der Waals surface area contributed by atoms with E-state index < -0.39 is 0 Å². The van der Waals surface area contributed by atoms with Gasteiger partial charge in [-0.1, -0.05) is 36.0 Å². The Bertz CT molecular complexity index is 1010. The smallest absolute Gasteiger partial charge is 0.233 e. The van der Waals surface area contributed by atoms with E-state index in [1.807, 2.05) is 29.2 Å². The normalized spacial score (nSPS) is 19.5. The lowest BCUT2D eigenvalue weighted by atomic mass is 9.98. The number of rotatable bonds is 4. The molecule has 0 spiro atoms. The van der Waals surface area contributed by atoms with Gasteiger partial charge in [-0.25, -0.2) is 4.39 Å². The lowest BCUT2D eigenvalue weighted by Gasteiger charge is -2.39. The number of thioether (sulfide) groups is 1. The maximum Gasteiger partial charge on any atom is 0.233 e. The van der Waals surface area contributed by atoms with E-state index in [9.17, 15) is 9.18 Å². The highest BCUT2D eigenvalue weighted by molar-refractivity contribution is 8.00. The number of amides is 1. The maximum absolute atomic E-state index is 13.3. The molecule has 1 aliphatic heterocycles. The molecule has 4 nitrogen and oxygen atoms in total. The third kappa shape index (κ3) is 4.13. The summed E-state index contributed by atoms with van der Waals surface area (Å²) in [7, 11) is 0. The average molecular weight is 410 g/mol. The van der Waals surface area contributed by atoms with Crippen LogP contribution in [0, 0.1) is 5.82 Å². The quantitative estimate of drug-likeness (QED) is 0.547. The molecule has 4 rings (SSSR count). The van der Waals surface area contributed by atoms with Gasteiger partial charge >= 0.3 is 0 Å². The van der Waals surface area contributed by atoms with Crippen LogP contribution >= 0.6 is 11.8 Å². The van der Waals surface area contributed by atoms with Gasteiger partial charge in [-0.2, -0.15) is 0 Å². The van der Waals surface area contributed by atoms with Gasteiger partial charge in [0.15, 0.2) is 0 Å². The van der Waals surface area contributed by atoms with E-state index >= 15 is 0 Å². The Kier molecular flexibility index (Phi) is 5.81. The first-order chi connectivity index (χ1) is 14.0. The summed E-state index contributed by atoms with van der Waals surface area (Å²) in [4.78, 5) is 14.9. The van der Waals surface area contributed by atoms with Gasteiger partial charge in [0.05, 0.1) is 5.75 Å². The topological polar surface area (TPSA) is 46.1 Å². The first-order valence-corrected chi connectivity index (χ1v) is 11.0. The first-order valence-electron chi connectivity index (χ1n) is 10.00. The predicted molar refractivity (Wildman–Crippen MR) is 115 cm³/mol. The summed E-state index contributed by atoms with van der Waals surface area (Å²) in [5.74, 6) is 0.226. The number of hydrogen-bond donors (Lipinski definition) is 0. The largest absolute Gasteiger partial charge is 0.337 e. The number of hydrogen-bond acceptors (Lipinski definition) is 4. The molecule has 1 saturated heterocycles. The lowest BCUT2D eigenvalue weighted by molar-refractivity contribution is -0.134. The minimum Gasteiger partial charge on any atom is -0.337 e. The van der Waals surface area contributed by atoms with Gasteiger partial charge in [-0.05, 0) is 57.4 Å². The van der Waals surface area contributed by atoms with Crippen LogP contribution in [0.2, 0.25) is 0 Å². The number of aromatic nitrogens is 2. The van der Waals surface area contributed by atoms with Crippen LogP contribution in [0.1, 0.15) is 33.1 Å². The van der Waals surface area contributed by atoms with Gasteiger partial charge in [0.1, 0.15) is 16.5 Å². The molecule has 0 N–H and O–H groups in total. The average Bonchev–Trinajstić information content (AvgIpc) is 2.72. The lowest BCUT2D eigenvalue weighted by Crippen LogP contribution is -2.48. The molecule has 1 aromatic heterocycles. The fourth-order valence-electron chi connectivity index (χ4n) is 4.12. The second-order valence-corrected chi connectivity index (χ2v) is 8.59. The highest BCUT2D eigenvalue weighted by Gasteiger charge is 2.28. The zero-order chi connectivity index (χ0) is 20.4. The third-order valence-corrected chi connectivity index (χ3v) is 6.55. The van der Waals surface area contributed by atoms with Gasteiger partial charge < -0.3 is 4.90 Å². The van der Waals surface area contributed by atoms with E-state index in [1.165, 1.54) is 30.3 Å². The highest BCUT2D eigenvalue weighted by atomic mass is 32.2. The molecule has 3 aromatic rings. The zero-order valence-electron chi connectivity index (χ0n) is 16.6. The Labute approximate surface area is 174 Å². The molecule has 2 unspecified atom stereocenters. The minimum atomic E-state index is -0.280. The van der Waals surface area contributed by atoms with Crippen LogP contribution in [0.4, 0.5) is 4.39 Å². The van der Waals surface area contributed by atoms with Crippen molar-refractivity contribution < 1.29 is 9.18 Å². The molecule has 0 bridgehead atoms.